The summed E-state index contributed by atoms with van der Waals surface area (Å²) in [5, 5.41) is 7.51. The van der Waals surface area contributed by atoms with Gasteiger partial charge in [-0.15, -0.1) is 0 Å². The molecule has 0 aromatic rings. The van der Waals surface area contributed by atoms with Gasteiger partial charge in [0.1, 0.15) is 5.22 Å². The van der Waals surface area contributed by atoms with Gasteiger partial charge in [0, 0.05) is 33.5 Å². The van der Waals surface area contributed by atoms with E-state index >= 15 is 0 Å². The fraction of sp³-hybridized carbons (Fsp3) is 0.850. The number of hydrogen-bond donors (Lipinski definition) is 1. The van der Waals surface area contributed by atoms with Crippen LogP contribution in [0.15, 0.2) is 12.2 Å². The first-order chi connectivity index (χ1) is 12.8. The van der Waals surface area contributed by atoms with E-state index in [0.29, 0.717) is 0 Å². The lowest BCUT2D eigenvalue weighted by atomic mass is 10.0. The number of carboxylic acids is 1. The van der Waals surface area contributed by atoms with Gasteiger partial charge in [-0.25, -0.2) is 4.79 Å². The van der Waals surface area contributed by atoms with E-state index < -0.39 is 14.5 Å². The third-order valence-electron chi connectivity index (χ3n) is 5.21. The second-order valence-electron chi connectivity index (χ2n) is 7.05. The van der Waals surface area contributed by atoms with Gasteiger partial charge >= 0.3 is 14.5 Å². The van der Waals surface area contributed by atoms with Crippen molar-refractivity contribution in [3.63, 3.8) is 0 Å². The van der Waals surface area contributed by atoms with Crippen molar-refractivity contribution >= 4 is 14.5 Å². The molecular weight excluding hydrogens is 364 g/mol. The number of hydrogen-bond acceptors (Lipinski definition) is 5. The molecule has 0 bridgehead atoms. The van der Waals surface area contributed by atoms with E-state index in [2.05, 4.69) is 20.4 Å². The Balaban J connectivity index is 0.000000972. The van der Waals surface area contributed by atoms with E-state index in [0.717, 1.165) is 44.8 Å². The monoisotopic (exact) mass is 404 g/mol. The molecule has 1 rings (SSSR count). The standard InChI is InChI=1S/C16H34O4Si.C4H6O2/c1-6-8-9-13-20-15-11-10-14-21(18-4,19-5)16(15,17-3)12-7-2;1-3(2)4(5)6/h15H,6-14H2,1-5H3;1H2,2H3,(H,5,6). The summed E-state index contributed by atoms with van der Waals surface area (Å²) in [6, 6.07) is 0.989. The maximum atomic E-state index is 9.60. The van der Waals surface area contributed by atoms with E-state index in [1.807, 2.05) is 0 Å². The molecule has 1 N–H and O–H groups in total. The zero-order valence-corrected chi connectivity index (χ0v) is 19.1. The number of ether oxygens (including phenoxy) is 2. The lowest BCUT2D eigenvalue weighted by molar-refractivity contribution is -0.132. The Morgan fingerprint density at radius 2 is 1.78 bits per heavy atom. The summed E-state index contributed by atoms with van der Waals surface area (Å²) in [5.74, 6) is -0.935. The van der Waals surface area contributed by atoms with Crippen molar-refractivity contribution in [1.29, 1.82) is 0 Å². The quantitative estimate of drug-likeness (QED) is 0.311. The molecule has 6 nitrogen and oxygen atoms in total. The second-order valence-corrected chi connectivity index (χ2v) is 10.7. The highest BCUT2D eigenvalue weighted by Crippen LogP contribution is 2.44. The van der Waals surface area contributed by atoms with Crippen molar-refractivity contribution in [3.05, 3.63) is 12.2 Å². The van der Waals surface area contributed by atoms with Crippen molar-refractivity contribution in [2.75, 3.05) is 27.9 Å². The Kier molecular flexibility index (Phi) is 13.1. The average molecular weight is 405 g/mol. The van der Waals surface area contributed by atoms with E-state index in [-0.39, 0.29) is 16.9 Å². The highest BCUT2D eigenvalue weighted by Gasteiger charge is 2.63. The van der Waals surface area contributed by atoms with Crippen molar-refractivity contribution in [2.45, 2.75) is 83.1 Å². The highest BCUT2D eigenvalue weighted by atomic mass is 28.4. The number of carbonyl (C=O) groups is 1. The topological polar surface area (TPSA) is 74.2 Å². The lowest BCUT2D eigenvalue weighted by Crippen LogP contribution is -2.71. The molecule has 7 heteroatoms. The van der Waals surface area contributed by atoms with Gasteiger partial charge in [-0.2, -0.15) is 0 Å². The van der Waals surface area contributed by atoms with Crippen LogP contribution in [0.25, 0.3) is 0 Å². The van der Waals surface area contributed by atoms with Crippen LogP contribution in [0.5, 0.6) is 0 Å². The molecule has 0 aliphatic carbocycles. The Hall–Kier alpha value is -0.733. The van der Waals surface area contributed by atoms with E-state index in [1.54, 1.807) is 21.3 Å². The summed E-state index contributed by atoms with van der Waals surface area (Å²) in [6.07, 6.45) is 7.78. The smallest absolute Gasteiger partial charge is 0.373 e. The number of methoxy groups -OCH3 is 1. The molecule has 2 atom stereocenters. The van der Waals surface area contributed by atoms with Crippen molar-refractivity contribution < 1.29 is 28.2 Å². The van der Waals surface area contributed by atoms with Crippen LogP contribution in [0.3, 0.4) is 0 Å². The average Bonchev–Trinajstić information content (AvgIpc) is 2.66. The van der Waals surface area contributed by atoms with Gasteiger partial charge in [0.05, 0.1) is 6.10 Å². The fourth-order valence-electron chi connectivity index (χ4n) is 3.75. The summed E-state index contributed by atoms with van der Waals surface area (Å²) in [7, 11) is 2.94. The highest BCUT2D eigenvalue weighted by molar-refractivity contribution is 6.71. The van der Waals surface area contributed by atoms with Gasteiger partial charge in [0.2, 0.25) is 0 Å². The maximum Gasteiger partial charge on any atom is 0.373 e. The number of rotatable bonds is 11. The summed E-state index contributed by atoms with van der Waals surface area (Å²) in [5.41, 5.74) is 0.176. The predicted molar refractivity (Wildman–Crippen MR) is 110 cm³/mol. The molecule has 160 valence electrons. The van der Waals surface area contributed by atoms with Crippen LogP contribution in [-0.2, 0) is 23.1 Å². The third-order valence-corrected chi connectivity index (χ3v) is 9.61. The molecule has 1 aliphatic heterocycles. The Morgan fingerprint density at radius 3 is 2.19 bits per heavy atom. The molecule has 0 aromatic carbocycles. The summed E-state index contributed by atoms with van der Waals surface area (Å²) in [6.45, 7) is 9.81. The first-order valence-electron chi connectivity index (χ1n) is 9.96. The molecule has 0 aromatic heterocycles. The van der Waals surface area contributed by atoms with Gasteiger partial charge in [-0.3, -0.25) is 0 Å². The molecule has 0 saturated carbocycles. The maximum absolute atomic E-state index is 9.60. The minimum atomic E-state index is -2.41. The first-order valence-corrected chi connectivity index (χ1v) is 12.0. The minimum absolute atomic E-state index is 0.0969. The normalized spacial score (nSPS) is 24.0. The Bertz CT molecular complexity index is 426. The van der Waals surface area contributed by atoms with Crippen LogP contribution < -0.4 is 0 Å². The van der Waals surface area contributed by atoms with E-state index in [9.17, 15) is 4.79 Å². The van der Waals surface area contributed by atoms with Gasteiger partial charge in [-0.05, 0) is 38.7 Å². The summed E-state index contributed by atoms with van der Waals surface area (Å²) < 4.78 is 24.2. The molecule has 1 heterocycles. The number of unbranched alkanes of at least 4 members (excludes halogenated alkanes) is 2. The molecule has 1 aliphatic rings. The zero-order chi connectivity index (χ0) is 20.9. The second kappa shape index (κ2) is 13.4. The van der Waals surface area contributed by atoms with Gasteiger partial charge in [-0.1, -0.05) is 39.7 Å². The van der Waals surface area contributed by atoms with Crippen LogP contribution in [0.2, 0.25) is 6.04 Å². The van der Waals surface area contributed by atoms with Crippen molar-refractivity contribution in [1.82, 2.24) is 0 Å². The molecule has 1 saturated heterocycles. The molecule has 0 amide bonds. The lowest BCUT2D eigenvalue weighted by Gasteiger charge is -2.51. The van der Waals surface area contributed by atoms with Crippen molar-refractivity contribution in [2.24, 2.45) is 0 Å². The summed E-state index contributed by atoms with van der Waals surface area (Å²) >= 11 is 0. The summed E-state index contributed by atoms with van der Waals surface area (Å²) in [4.78, 5) is 9.60. The molecular formula is C20H40O6Si. The van der Waals surface area contributed by atoms with Crippen LogP contribution in [-0.4, -0.2) is 58.9 Å². The number of aliphatic carboxylic acids is 1. The third kappa shape index (κ3) is 6.98. The van der Waals surface area contributed by atoms with Crippen LogP contribution in [0.1, 0.15) is 65.7 Å². The van der Waals surface area contributed by atoms with Crippen LogP contribution >= 0.6 is 0 Å². The van der Waals surface area contributed by atoms with E-state index in [1.165, 1.54) is 19.8 Å². The van der Waals surface area contributed by atoms with Crippen LogP contribution in [0, 0.1) is 0 Å². The van der Waals surface area contributed by atoms with Crippen LogP contribution in [0.4, 0.5) is 0 Å². The molecule has 1 fully saturated rings. The van der Waals surface area contributed by atoms with Gasteiger partial charge in [0.25, 0.3) is 0 Å². The molecule has 0 radical (unpaired) electrons. The molecule has 0 spiro atoms. The first kappa shape index (κ1) is 26.3. The Labute approximate surface area is 166 Å². The van der Waals surface area contributed by atoms with E-state index in [4.69, 9.17) is 23.4 Å². The number of carboxylic acid groups (broad SMARTS) is 1. The molecule has 2 unspecified atom stereocenters. The zero-order valence-electron chi connectivity index (χ0n) is 18.1. The largest absolute Gasteiger partial charge is 0.478 e. The Morgan fingerprint density at radius 1 is 1.19 bits per heavy atom. The van der Waals surface area contributed by atoms with Crippen molar-refractivity contribution in [3.8, 4) is 0 Å². The minimum Gasteiger partial charge on any atom is -0.478 e. The SMILES string of the molecule is C=C(C)C(=O)O.CCCCCOC1CCC[Si](OC)(OC)C1(CCC)OC. The predicted octanol–water partition coefficient (Wildman–Crippen LogP) is 4.46. The fourth-order valence-corrected chi connectivity index (χ4v) is 7.77. The molecule has 27 heavy (non-hydrogen) atoms. The van der Waals surface area contributed by atoms with Gasteiger partial charge in [0.15, 0.2) is 0 Å². The van der Waals surface area contributed by atoms with Gasteiger partial charge < -0.3 is 23.4 Å².